The molecule has 0 bridgehead atoms. The number of hydrogen-bond acceptors (Lipinski definition) is 5. The molecule has 1 aliphatic carbocycles. The number of anilines is 1. The Morgan fingerprint density at radius 3 is 2.49 bits per heavy atom. The van der Waals surface area contributed by atoms with E-state index in [1.807, 2.05) is 48.5 Å². The van der Waals surface area contributed by atoms with E-state index in [9.17, 15) is 9.59 Å². The topological polar surface area (TPSA) is 96.7 Å². The number of rotatable bonds is 12. The molecule has 7 nitrogen and oxygen atoms in total. The fourth-order valence-corrected chi connectivity index (χ4v) is 6.33. The average molecular weight is 624 g/mol. The Bertz CT molecular complexity index is 1350. The number of nitrogens with zero attached hydrogens (tertiary/aromatic N) is 1. The summed E-state index contributed by atoms with van der Waals surface area (Å²) in [7, 11) is 1.55. The van der Waals surface area contributed by atoms with E-state index in [0.29, 0.717) is 36.8 Å². The van der Waals surface area contributed by atoms with Crippen LogP contribution < -0.4 is 16.4 Å². The highest BCUT2D eigenvalue weighted by molar-refractivity contribution is 9.10. The number of methoxy groups -OCH3 is 1. The molecule has 1 saturated carbocycles. The fraction of sp³-hybridized carbons (Fsp3) is 0.455. The lowest BCUT2D eigenvalue weighted by molar-refractivity contribution is -0.142. The van der Waals surface area contributed by atoms with Crippen LogP contribution in [0.4, 0.5) is 5.69 Å². The first kappa shape index (κ1) is 31.0. The van der Waals surface area contributed by atoms with Crippen LogP contribution in [-0.4, -0.2) is 49.5 Å². The zero-order chi connectivity index (χ0) is 29.4. The van der Waals surface area contributed by atoms with Crippen molar-refractivity contribution in [3.05, 3.63) is 75.8 Å². The van der Waals surface area contributed by atoms with Gasteiger partial charge in [-0.05, 0) is 77.1 Å². The Balaban J connectivity index is 1.32. The summed E-state index contributed by atoms with van der Waals surface area (Å²) >= 11 is 3.56. The van der Waals surface area contributed by atoms with E-state index in [0.717, 1.165) is 39.5 Å². The second kappa shape index (κ2) is 14.3. The molecule has 41 heavy (non-hydrogen) atoms. The van der Waals surface area contributed by atoms with Crippen LogP contribution in [-0.2, 0) is 21.7 Å². The third kappa shape index (κ3) is 7.29. The Labute approximate surface area is 252 Å². The molecule has 8 heteroatoms. The normalized spacial score (nSPS) is 15.5. The number of carbonyl (C=O) groups is 2. The van der Waals surface area contributed by atoms with Gasteiger partial charge >= 0.3 is 0 Å². The molecule has 0 saturated heterocycles. The SMILES string of the molecule is CCN(Cc1cc(C(=O)NCCCNC(=O)C(C)(OC)c2cccc3ccccc23)cc(Br)c1N)C1CCCCC1. The second-order valence-corrected chi connectivity index (χ2v) is 11.9. The number of benzene rings is 3. The second-order valence-electron chi connectivity index (χ2n) is 11.0. The van der Waals surface area contributed by atoms with Crippen LogP contribution >= 0.6 is 15.9 Å². The molecule has 0 heterocycles. The lowest BCUT2D eigenvalue weighted by atomic mass is 9.90. The first-order chi connectivity index (χ1) is 19.8. The maximum absolute atomic E-state index is 13.2. The van der Waals surface area contributed by atoms with Crippen molar-refractivity contribution in [2.75, 3.05) is 32.5 Å². The van der Waals surface area contributed by atoms with Crippen LogP contribution in [0.15, 0.2) is 59.1 Å². The van der Waals surface area contributed by atoms with Crippen LogP contribution in [0.3, 0.4) is 0 Å². The highest BCUT2D eigenvalue weighted by atomic mass is 79.9. The van der Waals surface area contributed by atoms with Gasteiger partial charge in [0.15, 0.2) is 5.60 Å². The van der Waals surface area contributed by atoms with Crippen LogP contribution in [0.2, 0.25) is 0 Å². The molecule has 0 aromatic heterocycles. The predicted molar refractivity (Wildman–Crippen MR) is 170 cm³/mol. The summed E-state index contributed by atoms with van der Waals surface area (Å²) in [5, 5.41) is 8.02. The third-order valence-corrected chi connectivity index (χ3v) is 9.07. The molecule has 1 atom stereocenters. The number of nitrogens with two attached hydrogens (primary N) is 1. The number of carbonyl (C=O) groups excluding carboxylic acids is 2. The summed E-state index contributed by atoms with van der Waals surface area (Å²) in [5.41, 5.74) is 8.33. The van der Waals surface area contributed by atoms with Gasteiger partial charge in [-0.15, -0.1) is 0 Å². The minimum atomic E-state index is -1.14. The first-order valence-electron chi connectivity index (χ1n) is 14.7. The van der Waals surface area contributed by atoms with Crippen molar-refractivity contribution in [1.29, 1.82) is 0 Å². The Morgan fingerprint density at radius 2 is 1.76 bits per heavy atom. The lowest BCUT2D eigenvalue weighted by Gasteiger charge is -2.34. The maximum Gasteiger partial charge on any atom is 0.256 e. The third-order valence-electron chi connectivity index (χ3n) is 8.42. The summed E-state index contributed by atoms with van der Waals surface area (Å²) in [6, 6.07) is 18.1. The highest BCUT2D eigenvalue weighted by Crippen LogP contribution is 2.32. The number of ether oxygens (including phenoxy) is 1. The number of halogens is 1. The van der Waals surface area contributed by atoms with Crippen molar-refractivity contribution in [1.82, 2.24) is 15.5 Å². The smallest absolute Gasteiger partial charge is 0.256 e. The number of nitrogens with one attached hydrogen (secondary N) is 2. The van der Waals surface area contributed by atoms with Gasteiger partial charge in [0.05, 0.1) is 5.69 Å². The van der Waals surface area contributed by atoms with E-state index < -0.39 is 5.60 Å². The molecule has 4 rings (SSSR count). The van der Waals surface area contributed by atoms with Crippen molar-refractivity contribution in [3.8, 4) is 0 Å². The Kier molecular flexibility index (Phi) is 10.8. The average Bonchev–Trinajstić information content (AvgIpc) is 3.00. The van der Waals surface area contributed by atoms with Crippen molar-refractivity contribution >= 4 is 44.2 Å². The van der Waals surface area contributed by atoms with Gasteiger partial charge in [0.2, 0.25) is 0 Å². The van der Waals surface area contributed by atoms with Crippen LogP contribution in [0, 0.1) is 0 Å². The highest BCUT2D eigenvalue weighted by Gasteiger charge is 2.36. The van der Waals surface area contributed by atoms with E-state index in [1.54, 1.807) is 20.1 Å². The molecule has 0 aliphatic heterocycles. The van der Waals surface area contributed by atoms with Crippen LogP contribution in [0.5, 0.6) is 0 Å². The van der Waals surface area contributed by atoms with Gasteiger partial charge in [0, 0.05) is 48.4 Å². The summed E-state index contributed by atoms with van der Waals surface area (Å²) in [6.07, 6.45) is 6.89. The van der Waals surface area contributed by atoms with Gasteiger partial charge < -0.3 is 21.1 Å². The van der Waals surface area contributed by atoms with E-state index >= 15 is 0 Å². The largest absolute Gasteiger partial charge is 0.398 e. The molecule has 4 N–H and O–H groups in total. The first-order valence-corrected chi connectivity index (χ1v) is 15.5. The quantitative estimate of drug-likeness (QED) is 0.167. The Hall–Kier alpha value is -2.94. The molecule has 1 aliphatic rings. The van der Waals surface area contributed by atoms with E-state index in [2.05, 4.69) is 38.4 Å². The minimum Gasteiger partial charge on any atom is -0.398 e. The fourth-order valence-electron chi connectivity index (χ4n) is 5.83. The van der Waals surface area contributed by atoms with Crippen LogP contribution in [0.1, 0.15) is 73.9 Å². The van der Waals surface area contributed by atoms with Crippen molar-refractivity contribution < 1.29 is 14.3 Å². The van der Waals surface area contributed by atoms with Gasteiger partial charge in [-0.2, -0.15) is 0 Å². The van der Waals surface area contributed by atoms with Crippen LogP contribution in [0.25, 0.3) is 10.8 Å². The van der Waals surface area contributed by atoms with Gasteiger partial charge in [-0.3, -0.25) is 14.5 Å². The summed E-state index contributed by atoms with van der Waals surface area (Å²) in [6.45, 7) is 6.49. The molecule has 0 spiro atoms. The molecule has 3 aromatic carbocycles. The zero-order valence-corrected chi connectivity index (χ0v) is 26.1. The lowest BCUT2D eigenvalue weighted by Crippen LogP contribution is -2.44. The molecule has 220 valence electrons. The molecule has 1 fully saturated rings. The van der Waals surface area contributed by atoms with Gasteiger partial charge in [0.25, 0.3) is 11.8 Å². The standard InChI is InChI=1S/C33H43BrN4O3/c1-4-38(26-14-6-5-7-15-26)22-25-20-24(21-29(34)30(25)35)31(39)36-18-11-19-37-32(40)33(2,41-3)28-17-10-13-23-12-8-9-16-27(23)28/h8-10,12-13,16-17,20-21,26H,4-7,11,14-15,18-19,22,35H2,1-3H3,(H,36,39)(H,37,40). The zero-order valence-electron chi connectivity index (χ0n) is 24.5. The molecule has 3 aromatic rings. The number of amides is 2. The maximum atomic E-state index is 13.2. The molecular formula is C33H43BrN4O3. The summed E-state index contributed by atoms with van der Waals surface area (Å²) < 4.78 is 6.49. The molecule has 0 radical (unpaired) electrons. The monoisotopic (exact) mass is 622 g/mol. The van der Waals surface area contributed by atoms with Crippen molar-refractivity contribution in [2.24, 2.45) is 0 Å². The van der Waals surface area contributed by atoms with Gasteiger partial charge in [-0.1, -0.05) is 68.7 Å². The van der Waals surface area contributed by atoms with E-state index in [4.69, 9.17) is 10.5 Å². The molecular weight excluding hydrogens is 580 g/mol. The predicted octanol–water partition coefficient (Wildman–Crippen LogP) is 6.14. The summed E-state index contributed by atoms with van der Waals surface area (Å²) in [5.74, 6) is -0.371. The van der Waals surface area contributed by atoms with Crippen molar-refractivity contribution in [2.45, 2.75) is 70.6 Å². The Morgan fingerprint density at radius 1 is 1.05 bits per heavy atom. The summed E-state index contributed by atoms with van der Waals surface area (Å²) in [4.78, 5) is 28.8. The number of fused-ring (bicyclic) bond motifs is 1. The molecule has 1 unspecified atom stereocenters. The van der Waals surface area contributed by atoms with E-state index in [1.165, 1.54) is 32.1 Å². The van der Waals surface area contributed by atoms with Crippen molar-refractivity contribution in [3.63, 3.8) is 0 Å². The number of nitrogen functional groups attached to an aromatic ring is 1. The van der Waals surface area contributed by atoms with Gasteiger partial charge in [0.1, 0.15) is 0 Å². The molecule has 2 amide bonds. The number of hydrogen-bond donors (Lipinski definition) is 3. The minimum absolute atomic E-state index is 0.156. The van der Waals surface area contributed by atoms with E-state index in [-0.39, 0.29) is 11.8 Å². The van der Waals surface area contributed by atoms with Gasteiger partial charge in [-0.25, -0.2) is 0 Å².